The fourth-order valence-electron chi connectivity index (χ4n) is 1.39. The molecule has 1 aromatic carbocycles. The largest absolute Gasteiger partial charge is 0.497 e. The SMILES string of the molecule is COc1ccc(Cl)c(NC(=O)NCC(O)C(C)(C)C)c1. The van der Waals surface area contributed by atoms with E-state index >= 15 is 0 Å². The lowest BCUT2D eigenvalue weighted by Crippen LogP contribution is -2.40. The fraction of sp³-hybridized carbons (Fsp3) is 0.500. The first-order chi connectivity index (χ1) is 9.24. The number of aliphatic hydroxyl groups excluding tert-OH is 1. The van der Waals surface area contributed by atoms with E-state index in [4.69, 9.17) is 16.3 Å². The number of methoxy groups -OCH3 is 1. The molecule has 2 amide bonds. The van der Waals surface area contributed by atoms with Crippen LogP contribution in [0.2, 0.25) is 5.02 Å². The number of nitrogens with one attached hydrogen (secondary N) is 2. The maximum absolute atomic E-state index is 11.8. The van der Waals surface area contributed by atoms with E-state index in [1.54, 1.807) is 18.2 Å². The van der Waals surface area contributed by atoms with Gasteiger partial charge in [-0.1, -0.05) is 32.4 Å². The Hall–Kier alpha value is -1.46. The summed E-state index contributed by atoms with van der Waals surface area (Å²) in [6, 6.07) is 4.54. The van der Waals surface area contributed by atoms with Crippen LogP contribution in [0.3, 0.4) is 0 Å². The first kappa shape index (κ1) is 16.6. The Labute approximate surface area is 124 Å². The highest BCUT2D eigenvalue weighted by molar-refractivity contribution is 6.33. The number of carbonyl (C=O) groups is 1. The van der Waals surface area contributed by atoms with Gasteiger partial charge in [-0.05, 0) is 17.5 Å². The summed E-state index contributed by atoms with van der Waals surface area (Å²) in [5.74, 6) is 0.597. The fourth-order valence-corrected chi connectivity index (χ4v) is 1.55. The second-order valence-electron chi connectivity index (χ2n) is 5.56. The Morgan fingerprint density at radius 1 is 1.45 bits per heavy atom. The minimum absolute atomic E-state index is 0.164. The summed E-state index contributed by atoms with van der Waals surface area (Å²) in [6.07, 6.45) is -0.631. The molecule has 0 spiro atoms. The van der Waals surface area contributed by atoms with Crippen molar-refractivity contribution in [3.05, 3.63) is 23.2 Å². The Morgan fingerprint density at radius 3 is 2.65 bits per heavy atom. The molecule has 0 saturated heterocycles. The zero-order valence-corrected chi connectivity index (χ0v) is 12.9. The highest BCUT2D eigenvalue weighted by Crippen LogP contribution is 2.26. The van der Waals surface area contributed by atoms with Crippen molar-refractivity contribution in [1.82, 2.24) is 5.32 Å². The van der Waals surface area contributed by atoms with Gasteiger partial charge < -0.3 is 20.5 Å². The van der Waals surface area contributed by atoms with Gasteiger partial charge in [0.25, 0.3) is 0 Å². The van der Waals surface area contributed by atoms with Gasteiger partial charge in [-0.2, -0.15) is 0 Å². The van der Waals surface area contributed by atoms with Gasteiger partial charge in [0.15, 0.2) is 0 Å². The number of hydrogen-bond acceptors (Lipinski definition) is 3. The summed E-state index contributed by atoms with van der Waals surface area (Å²) in [5, 5.41) is 15.5. The van der Waals surface area contributed by atoms with Crippen LogP contribution in [0.25, 0.3) is 0 Å². The molecule has 0 bridgehead atoms. The molecule has 1 aromatic rings. The van der Waals surface area contributed by atoms with Gasteiger partial charge >= 0.3 is 6.03 Å². The second-order valence-corrected chi connectivity index (χ2v) is 5.97. The topological polar surface area (TPSA) is 70.6 Å². The Morgan fingerprint density at radius 2 is 2.10 bits per heavy atom. The van der Waals surface area contributed by atoms with Crippen molar-refractivity contribution in [3.63, 3.8) is 0 Å². The van der Waals surface area contributed by atoms with Gasteiger partial charge in [0, 0.05) is 12.6 Å². The third-order valence-corrected chi connectivity index (χ3v) is 3.21. The molecule has 0 aliphatic heterocycles. The summed E-state index contributed by atoms with van der Waals surface area (Å²) in [4.78, 5) is 11.8. The number of hydrogen-bond donors (Lipinski definition) is 3. The summed E-state index contributed by atoms with van der Waals surface area (Å²) in [6.45, 7) is 5.86. The molecule has 1 unspecified atom stereocenters. The zero-order chi connectivity index (χ0) is 15.3. The van der Waals surface area contributed by atoms with Gasteiger partial charge in [-0.15, -0.1) is 0 Å². The van der Waals surface area contributed by atoms with E-state index in [1.165, 1.54) is 7.11 Å². The molecule has 0 saturated carbocycles. The first-order valence-electron chi connectivity index (χ1n) is 6.30. The van der Waals surface area contributed by atoms with E-state index in [9.17, 15) is 9.90 Å². The Kier molecular flexibility index (Phi) is 5.65. The lowest BCUT2D eigenvalue weighted by atomic mass is 9.89. The van der Waals surface area contributed by atoms with Crippen LogP contribution in [0, 0.1) is 5.41 Å². The quantitative estimate of drug-likeness (QED) is 0.801. The minimum atomic E-state index is -0.631. The maximum Gasteiger partial charge on any atom is 0.319 e. The monoisotopic (exact) mass is 300 g/mol. The van der Waals surface area contributed by atoms with Gasteiger partial charge in [0.2, 0.25) is 0 Å². The molecule has 5 nitrogen and oxygen atoms in total. The van der Waals surface area contributed by atoms with Crippen molar-refractivity contribution in [2.45, 2.75) is 26.9 Å². The van der Waals surface area contributed by atoms with Crippen molar-refractivity contribution < 1.29 is 14.6 Å². The zero-order valence-electron chi connectivity index (χ0n) is 12.2. The van der Waals surface area contributed by atoms with Crippen LogP contribution in [-0.2, 0) is 0 Å². The van der Waals surface area contributed by atoms with Gasteiger partial charge in [-0.25, -0.2) is 4.79 Å². The second kappa shape index (κ2) is 6.81. The number of aliphatic hydroxyl groups is 1. The summed E-state index contributed by atoms with van der Waals surface area (Å²) >= 11 is 5.99. The van der Waals surface area contributed by atoms with Crippen molar-refractivity contribution >= 4 is 23.3 Å². The standard InChI is InChI=1S/C14H21ClN2O3/c1-14(2,3)12(18)8-16-13(19)17-11-7-9(20-4)5-6-10(11)15/h5-7,12,18H,8H2,1-4H3,(H2,16,17,19). The van der Waals surface area contributed by atoms with Crippen LogP contribution in [0.15, 0.2) is 18.2 Å². The Balaban J connectivity index is 2.59. The van der Waals surface area contributed by atoms with Gasteiger partial charge in [0.1, 0.15) is 5.75 Å². The van der Waals surface area contributed by atoms with E-state index in [0.29, 0.717) is 16.5 Å². The third-order valence-electron chi connectivity index (χ3n) is 2.88. The minimum Gasteiger partial charge on any atom is -0.497 e. The van der Waals surface area contributed by atoms with Crippen LogP contribution < -0.4 is 15.4 Å². The molecular weight excluding hydrogens is 280 g/mol. The number of amides is 2. The molecule has 0 heterocycles. The molecule has 6 heteroatoms. The smallest absolute Gasteiger partial charge is 0.319 e. The summed E-state index contributed by atoms with van der Waals surface area (Å²) in [7, 11) is 1.53. The number of carbonyl (C=O) groups excluding carboxylic acids is 1. The number of urea groups is 1. The number of ether oxygens (including phenoxy) is 1. The molecule has 0 radical (unpaired) electrons. The lowest BCUT2D eigenvalue weighted by Gasteiger charge is -2.25. The van der Waals surface area contributed by atoms with Crippen molar-refractivity contribution in [2.75, 3.05) is 19.0 Å². The van der Waals surface area contributed by atoms with E-state index in [0.717, 1.165) is 0 Å². The summed E-state index contributed by atoms with van der Waals surface area (Å²) in [5.41, 5.74) is 0.162. The number of halogens is 1. The van der Waals surface area contributed by atoms with Gasteiger partial charge in [-0.3, -0.25) is 0 Å². The Bertz CT molecular complexity index is 472. The molecule has 112 valence electrons. The number of anilines is 1. The molecular formula is C14H21ClN2O3. The molecule has 1 atom stereocenters. The van der Waals surface area contributed by atoms with Crippen LogP contribution in [0.5, 0.6) is 5.75 Å². The van der Waals surface area contributed by atoms with Crippen molar-refractivity contribution in [3.8, 4) is 5.75 Å². The van der Waals surface area contributed by atoms with E-state index in [-0.39, 0.29) is 12.0 Å². The highest BCUT2D eigenvalue weighted by Gasteiger charge is 2.22. The van der Waals surface area contributed by atoms with Crippen molar-refractivity contribution in [1.29, 1.82) is 0 Å². The van der Waals surface area contributed by atoms with Gasteiger partial charge in [0.05, 0.1) is 23.9 Å². The number of rotatable bonds is 4. The molecule has 1 rings (SSSR count). The molecule has 0 aliphatic carbocycles. The van der Waals surface area contributed by atoms with Crippen LogP contribution in [-0.4, -0.2) is 30.9 Å². The highest BCUT2D eigenvalue weighted by atomic mass is 35.5. The molecule has 3 N–H and O–H groups in total. The predicted molar refractivity (Wildman–Crippen MR) is 80.5 cm³/mol. The molecule has 0 aromatic heterocycles. The molecule has 0 fully saturated rings. The van der Waals surface area contributed by atoms with Crippen LogP contribution >= 0.6 is 11.6 Å². The third kappa shape index (κ3) is 4.90. The molecule has 20 heavy (non-hydrogen) atoms. The summed E-state index contributed by atoms with van der Waals surface area (Å²) < 4.78 is 5.06. The number of benzene rings is 1. The maximum atomic E-state index is 11.8. The van der Waals surface area contributed by atoms with Crippen molar-refractivity contribution in [2.24, 2.45) is 5.41 Å². The lowest BCUT2D eigenvalue weighted by molar-refractivity contribution is 0.0654. The van der Waals surface area contributed by atoms with E-state index in [2.05, 4.69) is 10.6 Å². The predicted octanol–water partition coefficient (Wildman–Crippen LogP) is 2.88. The van der Waals surface area contributed by atoms with Crippen LogP contribution in [0.4, 0.5) is 10.5 Å². The van der Waals surface area contributed by atoms with E-state index < -0.39 is 12.1 Å². The van der Waals surface area contributed by atoms with Crippen LogP contribution in [0.1, 0.15) is 20.8 Å². The first-order valence-corrected chi connectivity index (χ1v) is 6.68. The normalized spacial score (nSPS) is 12.7. The van der Waals surface area contributed by atoms with E-state index in [1.807, 2.05) is 20.8 Å². The molecule has 0 aliphatic rings. The average Bonchev–Trinajstić information content (AvgIpc) is 2.37. The average molecular weight is 301 g/mol.